The summed E-state index contributed by atoms with van der Waals surface area (Å²) >= 11 is 0. The van der Waals surface area contributed by atoms with Gasteiger partial charge in [-0.2, -0.15) is 0 Å². The van der Waals surface area contributed by atoms with Gasteiger partial charge in [-0.15, -0.1) is 0 Å². The second-order valence-electron chi connectivity index (χ2n) is 4.86. The number of H-pyrrole nitrogens is 2. The van der Waals surface area contributed by atoms with E-state index in [1.807, 2.05) is 0 Å². The molecule has 23 heavy (non-hydrogen) atoms. The first kappa shape index (κ1) is 14.6. The molecule has 3 N–H and O–H groups in total. The van der Waals surface area contributed by atoms with Gasteiger partial charge in [0.05, 0.1) is 23.7 Å². The molecule has 0 aliphatic heterocycles. The minimum atomic E-state index is -0.459. The standard InChI is InChI=1S/C16H13N3O4/c1-23-15(21)10-4-2-9(3-5-10)14(20)17-11-6-7-12-13(8-11)19-16(22)18-12/h2-8H,1H3,(H,17,20)(H2,18,19,22). The van der Waals surface area contributed by atoms with Gasteiger partial charge in [0.2, 0.25) is 0 Å². The van der Waals surface area contributed by atoms with Crippen molar-refractivity contribution in [1.29, 1.82) is 0 Å². The SMILES string of the molecule is COC(=O)c1ccc(C(=O)Nc2ccc3[nH]c(=O)[nH]c3c2)cc1. The molecule has 7 heteroatoms. The van der Waals surface area contributed by atoms with Crippen molar-refractivity contribution < 1.29 is 14.3 Å². The van der Waals surface area contributed by atoms with Crippen molar-refractivity contribution in [2.45, 2.75) is 0 Å². The molecule has 1 heterocycles. The third-order valence-electron chi connectivity index (χ3n) is 3.34. The monoisotopic (exact) mass is 311 g/mol. The number of ether oxygens (including phenoxy) is 1. The van der Waals surface area contributed by atoms with Crippen LogP contribution in [0.1, 0.15) is 20.7 Å². The van der Waals surface area contributed by atoms with Crippen molar-refractivity contribution >= 4 is 28.6 Å². The Bertz CT molecular complexity index is 938. The summed E-state index contributed by atoms with van der Waals surface area (Å²) in [6.45, 7) is 0. The van der Waals surface area contributed by atoms with Gasteiger partial charge in [-0.25, -0.2) is 9.59 Å². The predicted octanol–water partition coefficient (Wildman–Crippen LogP) is 1.90. The normalized spacial score (nSPS) is 10.5. The van der Waals surface area contributed by atoms with Crippen molar-refractivity contribution in [3.63, 3.8) is 0 Å². The third-order valence-corrected chi connectivity index (χ3v) is 3.34. The van der Waals surface area contributed by atoms with E-state index in [4.69, 9.17) is 0 Å². The van der Waals surface area contributed by atoms with E-state index in [0.29, 0.717) is 27.8 Å². The Morgan fingerprint density at radius 2 is 1.61 bits per heavy atom. The summed E-state index contributed by atoms with van der Waals surface area (Å²) in [5.74, 6) is -0.780. The lowest BCUT2D eigenvalue weighted by Crippen LogP contribution is -2.12. The largest absolute Gasteiger partial charge is 0.465 e. The maximum Gasteiger partial charge on any atom is 0.337 e. The van der Waals surface area contributed by atoms with E-state index in [2.05, 4.69) is 20.0 Å². The van der Waals surface area contributed by atoms with Crippen LogP contribution in [0.3, 0.4) is 0 Å². The first-order valence-corrected chi connectivity index (χ1v) is 6.78. The third kappa shape index (κ3) is 2.98. The number of anilines is 1. The molecule has 0 unspecified atom stereocenters. The van der Waals surface area contributed by atoms with Gasteiger partial charge in [-0.05, 0) is 42.5 Å². The molecule has 0 spiro atoms. The van der Waals surface area contributed by atoms with Crippen LogP contribution >= 0.6 is 0 Å². The highest BCUT2D eigenvalue weighted by Gasteiger charge is 2.10. The minimum absolute atomic E-state index is 0.304. The molecule has 0 aliphatic carbocycles. The van der Waals surface area contributed by atoms with Crippen LogP contribution in [0.15, 0.2) is 47.3 Å². The van der Waals surface area contributed by atoms with Gasteiger partial charge in [0.25, 0.3) is 5.91 Å². The van der Waals surface area contributed by atoms with Crippen LogP contribution in [0, 0.1) is 0 Å². The number of hydrogen-bond acceptors (Lipinski definition) is 4. The van der Waals surface area contributed by atoms with Crippen LogP contribution in [0.4, 0.5) is 5.69 Å². The van der Waals surface area contributed by atoms with Crippen LogP contribution in [0.2, 0.25) is 0 Å². The van der Waals surface area contributed by atoms with Crippen molar-refractivity contribution in [3.05, 3.63) is 64.1 Å². The van der Waals surface area contributed by atoms with E-state index in [9.17, 15) is 14.4 Å². The smallest absolute Gasteiger partial charge is 0.337 e. The van der Waals surface area contributed by atoms with Gasteiger partial charge in [0.1, 0.15) is 0 Å². The molecule has 0 aliphatic rings. The Labute approximate surface area is 130 Å². The maximum absolute atomic E-state index is 12.2. The Balaban J connectivity index is 1.79. The molecular weight excluding hydrogens is 298 g/mol. The van der Waals surface area contributed by atoms with E-state index in [0.717, 1.165) is 0 Å². The number of imidazole rings is 1. The summed E-state index contributed by atoms with van der Waals surface area (Å²) in [5.41, 5.74) is 2.29. The number of nitrogens with one attached hydrogen (secondary N) is 3. The lowest BCUT2D eigenvalue weighted by atomic mass is 10.1. The number of methoxy groups -OCH3 is 1. The fraction of sp³-hybridized carbons (Fsp3) is 0.0625. The van der Waals surface area contributed by atoms with E-state index in [1.165, 1.54) is 31.4 Å². The molecule has 0 saturated carbocycles. The van der Waals surface area contributed by atoms with Crippen molar-refractivity contribution in [2.75, 3.05) is 12.4 Å². The molecule has 0 saturated heterocycles. The second-order valence-corrected chi connectivity index (χ2v) is 4.86. The zero-order chi connectivity index (χ0) is 16.4. The van der Waals surface area contributed by atoms with Gasteiger partial charge >= 0.3 is 11.7 Å². The highest BCUT2D eigenvalue weighted by atomic mass is 16.5. The molecule has 3 rings (SSSR count). The quantitative estimate of drug-likeness (QED) is 0.642. The van der Waals surface area contributed by atoms with Crippen LogP contribution < -0.4 is 11.0 Å². The molecule has 0 fully saturated rings. The van der Waals surface area contributed by atoms with Crippen LogP contribution in [-0.4, -0.2) is 29.0 Å². The van der Waals surface area contributed by atoms with Crippen molar-refractivity contribution in [2.24, 2.45) is 0 Å². The number of rotatable bonds is 3. The second kappa shape index (κ2) is 5.80. The van der Waals surface area contributed by atoms with E-state index in [-0.39, 0.29) is 11.6 Å². The summed E-state index contributed by atoms with van der Waals surface area (Å²) in [4.78, 5) is 40.0. The van der Waals surface area contributed by atoms with E-state index >= 15 is 0 Å². The summed E-state index contributed by atoms with van der Waals surface area (Å²) in [5, 5.41) is 2.73. The molecule has 0 bridgehead atoms. The Kier molecular flexibility index (Phi) is 3.68. The lowest BCUT2D eigenvalue weighted by Gasteiger charge is -2.06. The highest BCUT2D eigenvalue weighted by molar-refractivity contribution is 6.05. The number of benzene rings is 2. The Morgan fingerprint density at radius 1 is 0.957 bits per heavy atom. The van der Waals surface area contributed by atoms with Crippen LogP contribution in [-0.2, 0) is 4.74 Å². The molecule has 116 valence electrons. The first-order valence-electron chi connectivity index (χ1n) is 6.78. The van der Waals surface area contributed by atoms with Crippen LogP contribution in [0.25, 0.3) is 11.0 Å². The van der Waals surface area contributed by atoms with Gasteiger partial charge in [-0.1, -0.05) is 0 Å². The topological polar surface area (TPSA) is 104 Å². The maximum atomic E-state index is 12.2. The van der Waals surface area contributed by atoms with Crippen molar-refractivity contribution in [1.82, 2.24) is 9.97 Å². The molecular formula is C16H13N3O4. The first-order chi connectivity index (χ1) is 11.1. The van der Waals surface area contributed by atoms with Gasteiger partial charge < -0.3 is 20.0 Å². The minimum Gasteiger partial charge on any atom is -0.465 e. The van der Waals surface area contributed by atoms with Crippen LogP contribution in [0.5, 0.6) is 0 Å². The number of carbonyl (C=O) groups excluding carboxylic acids is 2. The highest BCUT2D eigenvalue weighted by Crippen LogP contribution is 2.16. The molecule has 7 nitrogen and oxygen atoms in total. The summed E-state index contributed by atoms with van der Waals surface area (Å²) < 4.78 is 4.60. The Morgan fingerprint density at radius 3 is 2.30 bits per heavy atom. The molecule has 2 aromatic carbocycles. The number of aromatic amines is 2. The Hall–Kier alpha value is -3.35. The number of esters is 1. The average Bonchev–Trinajstić information content (AvgIpc) is 2.93. The molecule has 0 atom stereocenters. The number of amides is 1. The van der Waals surface area contributed by atoms with E-state index < -0.39 is 5.97 Å². The van der Waals surface area contributed by atoms with E-state index in [1.54, 1.807) is 18.2 Å². The number of carbonyl (C=O) groups is 2. The number of hydrogen-bond donors (Lipinski definition) is 3. The average molecular weight is 311 g/mol. The fourth-order valence-electron chi connectivity index (χ4n) is 2.19. The lowest BCUT2D eigenvalue weighted by molar-refractivity contribution is 0.0600. The summed E-state index contributed by atoms with van der Waals surface area (Å²) in [6.07, 6.45) is 0. The van der Waals surface area contributed by atoms with Gasteiger partial charge in [-0.3, -0.25) is 4.79 Å². The van der Waals surface area contributed by atoms with Crippen molar-refractivity contribution in [3.8, 4) is 0 Å². The summed E-state index contributed by atoms with van der Waals surface area (Å²) in [6, 6.07) is 11.2. The molecule has 1 aromatic heterocycles. The van der Waals surface area contributed by atoms with Gasteiger partial charge in [0, 0.05) is 11.3 Å². The zero-order valence-corrected chi connectivity index (χ0v) is 12.2. The molecule has 1 amide bonds. The molecule has 3 aromatic rings. The summed E-state index contributed by atoms with van der Waals surface area (Å²) in [7, 11) is 1.30. The number of aromatic nitrogens is 2. The fourth-order valence-corrected chi connectivity index (χ4v) is 2.19. The molecule has 0 radical (unpaired) electrons. The van der Waals surface area contributed by atoms with Gasteiger partial charge in [0.15, 0.2) is 0 Å². The predicted molar refractivity (Wildman–Crippen MR) is 84.7 cm³/mol. The zero-order valence-electron chi connectivity index (χ0n) is 12.2. The number of fused-ring (bicyclic) bond motifs is 1.